The number of benzene rings is 1. The highest BCUT2D eigenvalue weighted by Crippen LogP contribution is 2.15. The molecule has 0 radical (unpaired) electrons. The largest absolute Gasteiger partial charge is 0.398 e. The standard InChI is InChI=1S/C10H12N4/c1-7-3-4-9(5-10(7)11)14-6-8(2)12-13-14/h3-6H,11H2,1-2H3. The summed E-state index contributed by atoms with van der Waals surface area (Å²) in [5.74, 6) is 0. The monoisotopic (exact) mass is 188 g/mol. The molecular formula is C10H12N4. The molecule has 2 aromatic rings. The normalized spacial score (nSPS) is 10.4. The number of nitrogens with zero attached hydrogens (tertiary/aromatic N) is 3. The maximum absolute atomic E-state index is 5.80. The first-order chi connectivity index (χ1) is 6.66. The molecule has 0 aliphatic carbocycles. The van der Waals surface area contributed by atoms with Gasteiger partial charge >= 0.3 is 0 Å². The van der Waals surface area contributed by atoms with Crippen LogP contribution in [0.1, 0.15) is 11.3 Å². The molecule has 0 fully saturated rings. The fraction of sp³-hybridized carbons (Fsp3) is 0.200. The van der Waals surface area contributed by atoms with Gasteiger partial charge in [0.2, 0.25) is 0 Å². The summed E-state index contributed by atoms with van der Waals surface area (Å²) in [7, 11) is 0. The van der Waals surface area contributed by atoms with E-state index in [0.717, 1.165) is 22.6 Å². The zero-order valence-corrected chi connectivity index (χ0v) is 8.23. The number of nitrogens with two attached hydrogens (primary N) is 1. The zero-order valence-electron chi connectivity index (χ0n) is 8.23. The Bertz CT molecular complexity index is 459. The van der Waals surface area contributed by atoms with Crippen molar-refractivity contribution in [3.05, 3.63) is 35.7 Å². The third-order valence-electron chi connectivity index (χ3n) is 2.14. The van der Waals surface area contributed by atoms with Crippen LogP contribution in [0.3, 0.4) is 0 Å². The molecule has 0 saturated carbocycles. The average Bonchev–Trinajstić information content (AvgIpc) is 2.57. The smallest absolute Gasteiger partial charge is 0.0800 e. The molecule has 0 aliphatic heterocycles. The van der Waals surface area contributed by atoms with E-state index in [-0.39, 0.29) is 0 Å². The lowest BCUT2D eigenvalue weighted by atomic mass is 10.2. The number of hydrogen-bond acceptors (Lipinski definition) is 3. The van der Waals surface area contributed by atoms with Gasteiger partial charge in [0.25, 0.3) is 0 Å². The summed E-state index contributed by atoms with van der Waals surface area (Å²) in [4.78, 5) is 0. The van der Waals surface area contributed by atoms with Crippen molar-refractivity contribution in [1.82, 2.24) is 15.0 Å². The van der Waals surface area contributed by atoms with Gasteiger partial charge in [-0.1, -0.05) is 11.3 Å². The minimum Gasteiger partial charge on any atom is -0.398 e. The predicted octanol–water partition coefficient (Wildman–Crippen LogP) is 1.47. The molecule has 0 atom stereocenters. The van der Waals surface area contributed by atoms with Crippen molar-refractivity contribution >= 4 is 5.69 Å². The van der Waals surface area contributed by atoms with Gasteiger partial charge < -0.3 is 5.73 Å². The molecule has 1 heterocycles. The van der Waals surface area contributed by atoms with E-state index in [1.165, 1.54) is 0 Å². The van der Waals surface area contributed by atoms with Crippen molar-refractivity contribution in [2.45, 2.75) is 13.8 Å². The Morgan fingerprint density at radius 1 is 1.29 bits per heavy atom. The van der Waals surface area contributed by atoms with E-state index in [4.69, 9.17) is 5.73 Å². The summed E-state index contributed by atoms with van der Waals surface area (Å²) >= 11 is 0. The van der Waals surface area contributed by atoms with Gasteiger partial charge in [0.15, 0.2) is 0 Å². The molecule has 0 amide bonds. The van der Waals surface area contributed by atoms with E-state index >= 15 is 0 Å². The highest BCUT2D eigenvalue weighted by molar-refractivity contribution is 5.52. The fourth-order valence-corrected chi connectivity index (χ4v) is 1.24. The van der Waals surface area contributed by atoms with Gasteiger partial charge in [-0.3, -0.25) is 0 Å². The summed E-state index contributed by atoms with van der Waals surface area (Å²) < 4.78 is 1.71. The Labute approximate surface area is 82.4 Å². The number of rotatable bonds is 1. The van der Waals surface area contributed by atoms with Gasteiger partial charge in [-0.25, -0.2) is 4.68 Å². The second-order valence-electron chi connectivity index (χ2n) is 3.35. The lowest BCUT2D eigenvalue weighted by Gasteiger charge is -2.03. The van der Waals surface area contributed by atoms with Crippen molar-refractivity contribution in [2.75, 3.05) is 5.73 Å². The summed E-state index contributed by atoms with van der Waals surface area (Å²) in [5.41, 5.74) is 9.48. The van der Waals surface area contributed by atoms with E-state index in [1.807, 2.05) is 38.2 Å². The summed E-state index contributed by atoms with van der Waals surface area (Å²) in [6, 6.07) is 5.84. The molecule has 0 unspecified atom stereocenters. The number of hydrogen-bond donors (Lipinski definition) is 1. The van der Waals surface area contributed by atoms with E-state index in [9.17, 15) is 0 Å². The second kappa shape index (κ2) is 3.14. The Balaban J connectivity index is 2.47. The molecular weight excluding hydrogens is 176 g/mol. The van der Waals surface area contributed by atoms with E-state index in [0.29, 0.717) is 0 Å². The topological polar surface area (TPSA) is 56.7 Å². The van der Waals surface area contributed by atoms with Crippen molar-refractivity contribution < 1.29 is 0 Å². The Morgan fingerprint density at radius 2 is 2.07 bits per heavy atom. The van der Waals surface area contributed by atoms with Crippen LogP contribution >= 0.6 is 0 Å². The highest BCUT2D eigenvalue weighted by Gasteiger charge is 2.00. The van der Waals surface area contributed by atoms with Crippen LogP contribution < -0.4 is 5.73 Å². The lowest BCUT2D eigenvalue weighted by Crippen LogP contribution is -1.97. The van der Waals surface area contributed by atoms with Crippen LogP contribution in [0.2, 0.25) is 0 Å². The molecule has 0 aliphatic rings. The van der Waals surface area contributed by atoms with Gasteiger partial charge in [-0.15, -0.1) is 5.10 Å². The first kappa shape index (κ1) is 8.74. The lowest BCUT2D eigenvalue weighted by molar-refractivity contribution is 0.801. The minimum absolute atomic E-state index is 0.774. The van der Waals surface area contributed by atoms with Crippen LogP contribution in [0.5, 0.6) is 0 Å². The van der Waals surface area contributed by atoms with Crippen LogP contribution in [0.15, 0.2) is 24.4 Å². The molecule has 1 aromatic heterocycles. The van der Waals surface area contributed by atoms with Crippen LogP contribution in [-0.2, 0) is 0 Å². The second-order valence-corrected chi connectivity index (χ2v) is 3.35. The Hall–Kier alpha value is -1.84. The maximum Gasteiger partial charge on any atom is 0.0800 e. The summed E-state index contributed by atoms with van der Waals surface area (Å²) in [5, 5.41) is 7.89. The first-order valence-corrected chi connectivity index (χ1v) is 4.42. The van der Waals surface area contributed by atoms with Gasteiger partial charge in [0, 0.05) is 5.69 Å². The molecule has 14 heavy (non-hydrogen) atoms. The van der Waals surface area contributed by atoms with Crippen molar-refractivity contribution in [3.63, 3.8) is 0 Å². The summed E-state index contributed by atoms with van der Waals surface area (Å²) in [6.07, 6.45) is 1.87. The number of aryl methyl sites for hydroxylation is 2. The van der Waals surface area contributed by atoms with E-state index < -0.39 is 0 Å². The van der Waals surface area contributed by atoms with Gasteiger partial charge in [-0.05, 0) is 31.5 Å². The zero-order chi connectivity index (χ0) is 10.1. The predicted molar refractivity (Wildman–Crippen MR) is 55.2 cm³/mol. The van der Waals surface area contributed by atoms with E-state index in [2.05, 4.69) is 10.3 Å². The van der Waals surface area contributed by atoms with Crippen molar-refractivity contribution in [1.29, 1.82) is 0 Å². The molecule has 0 bridgehead atoms. The molecule has 4 heteroatoms. The van der Waals surface area contributed by atoms with Crippen molar-refractivity contribution in [3.8, 4) is 5.69 Å². The Morgan fingerprint density at radius 3 is 2.64 bits per heavy atom. The molecule has 4 nitrogen and oxygen atoms in total. The number of anilines is 1. The van der Waals surface area contributed by atoms with Gasteiger partial charge in [-0.2, -0.15) is 0 Å². The Kier molecular flexibility index (Phi) is 1.96. The third-order valence-corrected chi connectivity index (χ3v) is 2.14. The molecule has 1 aromatic carbocycles. The molecule has 2 rings (SSSR count). The SMILES string of the molecule is Cc1cn(-c2ccc(C)c(N)c2)nn1. The van der Waals surface area contributed by atoms with Crippen LogP contribution in [0, 0.1) is 13.8 Å². The summed E-state index contributed by atoms with van der Waals surface area (Å²) in [6.45, 7) is 3.88. The first-order valence-electron chi connectivity index (χ1n) is 4.42. The molecule has 72 valence electrons. The minimum atomic E-state index is 0.774. The van der Waals surface area contributed by atoms with Gasteiger partial charge in [0.05, 0.1) is 17.6 Å². The molecule has 0 spiro atoms. The van der Waals surface area contributed by atoms with Crippen LogP contribution in [-0.4, -0.2) is 15.0 Å². The van der Waals surface area contributed by atoms with Gasteiger partial charge in [0.1, 0.15) is 0 Å². The average molecular weight is 188 g/mol. The van der Waals surface area contributed by atoms with Crippen LogP contribution in [0.4, 0.5) is 5.69 Å². The third kappa shape index (κ3) is 1.46. The highest BCUT2D eigenvalue weighted by atomic mass is 15.4. The fourth-order valence-electron chi connectivity index (χ4n) is 1.24. The molecule has 2 N–H and O–H groups in total. The number of aromatic nitrogens is 3. The quantitative estimate of drug-likeness (QED) is 0.689. The van der Waals surface area contributed by atoms with Crippen LogP contribution in [0.25, 0.3) is 5.69 Å². The number of nitrogen functional groups attached to an aromatic ring is 1. The molecule has 0 saturated heterocycles. The van der Waals surface area contributed by atoms with Crippen molar-refractivity contribution in [2.24, 2.45) is 0 Å². The van der Waals surface area contributed by atoms with E-state index in [1.54, 1.807) is 4.68 Å². The maximum atomic E-state index is 5.80.